The fraction of sp³-hybridized carbons (Fsp3) is 0.200. The maximum absolute atomic E-state index is 13.2. The first-order chi connectivity index (χ1) is 16.6. The molecule has 0 aliphatic heterocycles. The van der Waals surface area contributed by atoms with Crippen LogP contribution in [0.5, 0.6) is 11.5 Å². The average Bonchev–Trinajstić information content (AvgIpc) is 2.83. The van der Waals surface area contributed by atoms with Gasteiger partial charge in [-0.2, -0.15) is 13.2 Å². The number of alkyl halides is 3. The number of rotatable bonds is 9. The summed E-state index contributed by atoms with van der Waals surface area (Å²) in [6, 6.07) is 15.9. The lowest BCUT2D eigenvalue weighted by molar-refractivity contribution is -0.174. The summed E-state index contributed by atoms with van der Waals surface area (Å²) < 4.78 is 62.9. The topological polar surface area (TPSA) is 83.4 Å². The Labute approximate surface area is 199 Å². The van der Waals surface area contributed by atoms with Crippen LogP contribution in [0.15, 0.2) is 66.7 Å². The van der Waals surface area contributed by atoms with E-state index < -0.39 is 24.2 Å². The van der Waals surface area contributed by atoms with Crippen molar-refractivity contribution < 1.29 is 31.8 Å². The largest absolute Gasteiger partial charge is 0.497 e. The molecule has 0 fully saturated rings. The lowest BCUT2D eigenvalue weighted by Gasteiger charge is -2.27. The van der Waals surface area contributed by atoms with Gasteiger partial charge in [0.2, 0.25) is 0 Å². The van der Waals surface area contributed by atoms with Crippen molar-refractivity contribution >= 4 is 23.5 Å². The Balaban J connectivity index is 1.90. The minimum absolute atomic E-state index is 0.258. The molecule has 0 aromatic heterocycles. The van der Waals surface area contributed by atoms with Crippen molar-refractivity contribution in [3.8, 4) is 11.5 Å². The minimum Gasteiger partial charge on any atom is -0.497 e. The number of ether oxygens (including phenoxy) is 2. The number of amides is 1. The molecule has 3 aromatic rings. The highest BCUT2D eigenvalue weighted by atomic mass is 19.4. The summed E-state index contributed by atoms with van der Waals surface area (Å²) in [7, 11) is 1.45. The first-order valence-electron chi connectivity index (χ1n) is 10.5. The van der Waals surface area contributed by atoms with Crippen LogP contribution in [0.2, 0.25) is 0 Å². The van der Waals surface area contributed by atoms with Gasteiger partial charge >= 0.3 is 12.1 Å². The monoisotopic (exact) mass is 489 g/mol. The highest BCUT2D eigenvalue weighted by Crippen LogP contribution is 2.31. The van der Waals surface area contributed by atoms with E-state index in [-0.39, 0.29) is 11.6 Å². The van der Waals surface area contributed by atoms with Crippen molar-refractivity contribution in [2.24, 2.45) is 0 Å². The predicted molar refractivity (Wildman–Crippen MR) is 124 cm³/mol. The molecular formula is C25H23F4N3O3. The molecule has 0 saturated carbocycles. The van der Waals surface area contributed by atoms with Crippen LogP contribution in [0.4, 0.5) is 28.9 Å². The zero-order chi connectivity index (χ0) is 25.6. The van der Waals surface area contributed by atoms with Crippen LogP contribution in [0, 0.1) is 11.2 Å². The van der Waals surface area contributed by atoms with Crippen molar-refractivity contribution in [2.45, 2.75) is 25.2 Å². The van der Waals surface area contributed by atoms with Gasteiger partial charge in [0, 0.05) is 23.2 Å². The number of nitrogens with one attached hydrogen (secondary N) is 3. The van der Waals surface area contributed by atoms with Crippen molar-refractivity contribution in [3.63, 3.8) is 0 Å². The van der Waals surface area contributed by atoms with E-state index in [1.807, 2.05) is 5.32 Å². The van der Waals surface area contributed by atoms with Crippen LogP contribution in [0.3, 0.4) is 0 Å². The molecule has 3 rings (SSSR count). The summed E-state index contributed by atoms with van der Waals surface area (Å²) >= 11 is 0. The van der Waals surface area contributed by atoms with E-state index in [0.29, 0.717) is 28.3 Å². The van der Waals surface area contributed by atoms with E-state index in [1.54, 1.807) is 36.4 Å². The smallest absolute Gasteiger partial charge is 0.471 e. The van der Waals surface area contributed by atoms with Gasteiger partial charge in [-0.3, -0.25) is 4.79 Å². The third kappa shape index (κ3) is 6.72. The molecule has 0 bridgehead atoms. The molecule has 35 heavy (non-hydrogen) atoms. The van der Waals surface area contributed by atoms with Crippen LogP contribution < -0.4 is 20.1 Å². The van der Waals surface area contributed by atoms with Gasteiger partial charge in [-0.15, -0.1) is 0 Å². The Morgan fingerprint density at radius 2 is 1.74 bits per heavy atom. The minimum atomic E-state index is -5.05. The van der Waals surface area contributed by atoms with Gasteiger partial charge in [0.25, 0.3) is 0 Å². The molecule has 2 atom stereocenters. The van der Waals surface area contributed by atoms with Crippen LogP contribution in [0.25, 0.3) is 0 Å². The molecule has 0 spiro atoms. The molecule has 3 aromatic carbocycles. The molecule has 1 amide bonds. The summed E-state index contributed by atoms with van der Waals surface area (Å²) in [5, 5.41) is 12.8. The van der Waals surface area contributed by atoms with Crippen LogP contribution in [0.1, 0.15) is 24.2 Å². The number of anilines is 2. The number of hydrogen-bond donors (Lipinski definition) is 3. The van der Waals surface area contributed by atoms with Gasteiger partial charge < -0.3 is 25.5 Å². The zero-order valence-corrected chi connectivity index (χ0v) is 18.8. The summed E-state index contributed by atoms with van der Waals surface area (Å²) in [6.45, 7) is 1.40. The van der Waals surface area contributed by atoms with Crippen molar-refractivity contribution in [1.82, 2.24) is 5.32 Å². The third-order valence-electron chi connectivity index (χ3n) is 5.06. The maximum atomic E-state index is 13.2. The molecule has 10 heteroatoms. The van der Waals surface area contributed by atoms with Gasteiger partial charge in [-0.05, 0) is 67.1 Å². The van der Waals surface area contributed by atoms with Crippen molar-refractivity contribution in [2.75, 3.05) is 12.4 Å². The second kappa shape index (κ2) is 10.9. The second-order valence-electron chi connectivity index (χ2n) is 7.60. The maximum Gasteiger partial charge on any atom is 0.471 e. The molecule has 0 aliphatic rings. The first kappa shape index (κ1) is 25.5. The number of carbonyl (C=O) groups excluding carboxylic acids is 1. The average molecular weight is 489 g/mol. The van der Waals surface area contributed by atoms with E-state index in [0.717, 1.165) is 6.21 Å². The predicted octanol–water partition coefficient (Wildman–Crippen LogP) is 5.76. The molecule has 2 unspecified atom stereocenters. The fourth-order valence-electron chi connectivity index (χ4n) is 3.32. The van der Waals surface area contributed by atoms with Gasteiger partial charge in [0.1, 0.15) is 23.4 Å². The van der Waals surface area contributed by atoms with E-state index in [1.165, 1.54) is 44.4 Å². The summed E-state index contributed by atoms with van der Waals surface area (Å²) in [5.41, 5.74) is 2.03. The van der Waals surface area contributed by atoms with Gasteiger partial charge in [-0.1, -0.05) is 12.1 Å². The number of halogens is 4. The van der Waals surface area contributed by atoms with Crippen LogP contribution in [-0.4, -0.2) is 31.4 Å². The SMILES string of the molecule is COc1cccc(C(Oc2ccc(Nc3ccc(F)cc3)c(C=N)c2)C(C)NC(=O)C(F)(F)F)c1. The number of hydrogen-bond acceptors (Lipinski definition) is 5. The van der Waals surface area contributed by atoms with Crippen molar-refractivity contribution in [3.05, 3.63) is 83.7 Å². The summed E-state index contributed by atoms with van der Waals surface area (Å²) in [5.74, 6) is -1.75. The quantitative estimate of drug-likeness (QED) is 0.264. The summed E-state index contributed by atoms with van der Waals surface area (Å²) in [6.07, 6.45) is -4.98. The molecule has 184 valence electrons. The number of carbonyl (C=O) groups is 1. The molecule has 0 saturated heterocycles. The van der Waals surface area contributed by atoms with E-state index >= 15 is 0 Å². The van der Waals surface area contributed by atoms with Gasteiger partial charge in [-0.25, -0.2) is 4.39 Å². The molecule has 0 heterocycles. The second-order valence-corrected chi connectivity index (χ2v) is 7.60. The molecular weight excluding hydrogens is 466 g/mol. The number of benzene rings is 3. The molecule has 3 N–H and O–H groups in total. The Morgan fingerprint density at radius 1 is 1.03 bits per heavy atom. The van der Waals surface area contributed by atoms with Crippen LogP contribution in [-0.2, 0) is 4.79 Å². The van der Waals surface area contributed by atoms with E-state index in [2.05, 4.69) is 5.32 Å². The fourth-order valence-corrected chi connectivity index (χ4v) is 3.32. The summed E-state index contributed by atoms with van der Waals surface area (Å²) in [4.78, 5) is 11.5. The van der Waals surface area contributed by atoms with E-state index in [9.17, 15) is 22.4 Å². The lowest BCUT2D eigenvalue weighted by Crippen LogP contribution is -2.45. The standard InChI is InChI=1S/C25H23F4N3O3/c1-15(31-24(33)25(27,28)29)23(16-4-3-5-20(12-16)34-2)35-21-10-11-22(17(13-21)14-30)32-19-8-6-18(26)7-9-19/h3-15,23,30,32H,1-2H3,(H,31,33). The Hall–Kier alpha value is -4.08. The highest BCUT2D eigenvalue weighted by molar-refractivity contribution is 5.88. The first-order valence-corrected chi connectivity index (χ1v) is 10.5. The third-order valence-corrected chi connectivity index (χ3v) is 5.06. The highest BCUT2D eigenvalue weighted by Gasteiger charge is 2.40. The zero-order valence-electron chi connectivity index (χ0n) is 18.8. The molecule has 6 nitrogen and oxygen atoms in total. The Morgan fingerprint density at radius 3 is 2.37 bits per heavy atom. The lowest BCUT2D eigenvalue weighted by atomic mass is 10.0. The van der Waals surface area contributed by atoms with Gasteiger partial charge in [0.15, 0.2) is 0 Å². The Bertz CT molecular complexity index is 1180. The molecule has 0 aliphatic carbocycles. The van der Waals surface area contributed by atoms with Gasteiger partial charge in [0.05, 0.1) is 13.2 Å². The normalized spacial score (nSPS) is 12.9. The molecule has 0 radical (unpaired) electrons. The van der Waals surface area contributed by atoms with Crippen molar-refractivity contribution in [1.29, 1.82) is 5.41 Å². The Kier molecular flexibility index (Phi) is 7.95. The van der Waals surface area contributed by atoms with E-state index in [4.69, 9.17) is 14.9 Å². The number of methoxy groups -OCH3 is 1. The van der Waals surface area contributed by atoms with Crippen LogP contribution >= 0.6 is 0 Å².